The van der Waals surface area contributed by atoms with Gasteiger partial charge in [-0.25, -0.2) is 13.2 Å². The third-order valence-corrected chi connectivity index (χ3v) is 4.56. The summed E-state index contributed by atoms with van der Waals surface area (Å²) in [4.78, 5) is 16.1. The number of methoxy groups -OCH3 is 1. The quantitative estimate of drug-likeness (QED) is 0.414. The summed E-state index contributed by atoms with van der Waals surface area (Å²) in [5.41, 5.74) is 0.690. The van der Waals surface area contributed by atoms with E-state index in [1.54, 1.807) is 19.9 Å². The van der Waals surface area contributed by atoms with Crippen molar-refractivity contribution in [1.82, 2.24) is 9.55 Å². The molecule has 3 rings (SSSR count). The van der Waals surface area contributed by atoms with Gasteiger partial charge in [0.25, 0.3) is 0 Å². The third-order valence-electron chi connectivity index (χ3n) is 4.56. The minimum Gasteiger partial charge on any atom is -0.490 e. The minimum atomic E-state index is -3.04. The monoisotopic (exact) mass is 455 g/mol. The maximum atomic E-state index is 13.6. The average Bonchev–Trinajstić information content (AvgIpc) is 2.71. The van der Waals surface area contributed by atoms with Gasteiger partial charge in [-0.3, -0.25) is 4.79 Å². The van der Waals surface area contributed by atoms with Crippen LogP contribution >= 0.6 is 0 Å². The predicted molar refractivity (Wildman–Crippen MR) is 106 cm³/mol. The van der Waals surface area contributed by atoms with Gasteiger partial charge in [0, 0.05) is 11.8 Å². The summed E-state index contributed by atoms with van der Waals surface area (Å²) in [6.45, 7) is 0.0295. The fourth-order valence-corrected chi connectivity index (χ4v) is 3.04. The van der Waals surface area contributed by atoms with Crippen molar-refractivity contribution < 1.29 is 31.4 Å². The van der Waals surface area contributed by atoms with Gasteiger partial charge in [-0.2, -0.15) is 13.8 Å². The van der Waals surface area contributed by atoms with E-state index in [1.165, 1.54) is 23.9 Å². The number of halogens is 5. The summed E-state index contributed by atoms with van der Waals surface area (Å²) in [6.07, 6.45) is 1.25. The van der Waals surface area contributed by atoms with Crippen molar-refractivity contribution in [2.24, 2.45) is 0 Å². The summed E-state index contributed by atoms with van der Waals surface area (Å²) in [5.74, 6) is -4.67. The van der Waals surface area contributed by atoms with E-state index in [0.717, 1.165) is 12.1 Å². The van der Waals surface area contributed by atoms with Gasteiger partial charge in [-0.15, -0.1) is 0 Å². The standard InChI is InChI=1S/C21H18F5N3O3/c1-10-4-11(2)16(32-20(25)26)7-15(10)27-21-28-19(30)17(31-3)9-29(21)8-12-5-13(22)18(24)14(23)6-12/h4-7,9,20H,8H2,1-3H3,(H,27,28,30). The number of hydrogen-bond acceptors (Lipinski definition) is 5. The van der Waals surface area contributed by atoms with Crippen LogP contribution in [0.15, 0.2) is 35.3 Å². The Bertz CT molecular complexity index is 1190. The molecule has 0 spiro atoms. The van der Waals surface area contributed by atoms with Gasteiger partial charge in [0.1, 0.15) is 5.75 Å². The molecule has 0 bridgehead atoms. The summed E-state index contributed by atoms with van der Waals surface area (Å²) in [6, 6.07) is 4.52. The maximum absolute atomic E-state index is 13.6. The molecule has 0 aliphatic heterocycles. The van der Waals surface area contributed by atoms with Crippen molar-refractivity contribution in [1.29, 1.82) is 0 Å². The highest BCUT2D eigenvalue weighted by atomic mass is 19.3. The van der Waals surface area contributed by atoms with Gasteiger partial charge in [0.2, 0.25) is 11.7 Å². The molecule has 0 fully saturated rings. The molecule has 0 amide bonds. The van der Waals surface area contributed by atoms with Crippen LogP contribution < -0.4 is 20.3 Å². The van der Waals surface area contributed by atoms with Gasteiger partial charge in [-0.05, 0) is 42.7 Å². The lowest BCUT2D eigenvalue weighted by Crippen LogP contribution is -2.19. The average molecular weight is 455 g/mol. The predicted octanol–water partition coefficient (Wildman–Crippen LogP) is 4.68. The fourth-order valence-electron chi connectivity index (χ4n) is 3.04. The first-order valence-electron chi connectivity index (χ1n) is 9.21. The normalized spacial score (nSPS) is 11.0. The largest absolute Gasteiger partial charge is 0.490 e. The number of nitrogens with one attached hydrogen (secondary N) is 1. The molecule has 0 unspecified atom stereocenters. The molecule has 2 aromatic carbocycles. The number of benzene rings is 2. The van der Waals surface area contributed by atoms with E-state index in [0.29, 0.717) is 16.8 Å². The van der Waals surface area contributed by atoms with Gasteiger partial charge in [0.05, 0.1) is 19.9 Å². The number of hydrogen-bond donors (Lipinski definition) is 1. The molecule has 11 heteroatoms. The lowest BCUT2D eigenvalue weighted by molar-refractivity contribution is -0.0502. The van der Waals surface area contributed by atoms with E-state index < -0.39 is 29.6 Å². The van der Waals surface area contributed by atoms with Gasteiger partial charge in [0.15, 0.2) is 17.5 Å². The summed E-state index contributed by atoms with van der Waals surface area (Å²) < 4.78 is 76.7. The first kappa shape index (κ1) is 23.0. The second-order valence-electron chi connectivity index (χ2n) is 6.88. The van der Waals surface area contributed by atoms with Crippen molar-refractivity contribution in [2.45, 2.75) is 27.0 Å². The Morgan fingerprint density at radius 3 is 2.28 bits per heavy atom. The molecule has 0 aliphatic rings. The molecule has 1 aromatic heterocycles. The maximum Gasteiger partial charge on any atom is 0.387 e. The van der Waals surface area contributed by atoms with E-state index in [2.05, 4.69) is 15.0 Å². The number of aryl methyl sites for hydroxylation is 2. The van der Waals surface area contributed by atoms with Crippen LogP contribution in [0.4, 0.5) is 33.6 Å². The molecule has 170 valence electrons. The second-order valence-corrected chi connectivity index (χ2v) is 6.88. The number of nitrogens with zero attached hydrogens (tertiary/aromatic N) is 2. The van der Waals surface area contributed by atoms with Crippen LogP contribution in [0.5, 0.6) is 11.5 Å². The number of anilines is 2. The van der Waals surface area contributed by atoms with Crippen LogP contribution in [0, 0.1) is 31.3 Å². The molecule has 0 saturated heterocycles. The highest BCUT2D eigenvalue weighted by Crippen LogP contribution is 2.30. The van der Waals surface area contributed by atoms with Crippen molar-refractivity contribution in [3.8, 4) is 11.5 Å². The topological polar surface area (TPSA) is 65.4 Å². The zero-order valence-electron chi connectivity index (χ0n) is 17.2. The van der Waals surface area contributed by atoms with E-state index in [9.17, 15) is 26.7 Å². The van der Waals surface area contributed by atoms with Crippen molar-refractivity contribution in [2.75, 3.05) is 12.4 Å². The highest BCUT2D eigenvalue weighted by molar-refractivity contribution is 5.63. The molecule has 1 heterocycles. The Morgan fingerprint density at radius 1 is 1.03 bits per heavy atom. The van der Waals surface area contributed by atoms with Gasteiger partial charge in [-0.1, -0.05) is 6.07 Å². The molecule has 0 saturated carbocycles. The van der Waals surface area contributed by atoms with Crippen molar-refractivity contribution >= 4 is 11.6 Å². The van der Waals surface area contributed by atoms with Crippen LogP contribution in [0.2, 0.25) is 0 Å². The van der Waals surface area contributed by atoms with E-state index >= 15 is 0 Å². The Morgan fingerprint density at radius 2 is 1.69 bits per heavy atom. The number of alkyl halides is 2. The molecule has 0 radical (unpaired) electrons. The Balaban J connectivity index is 2.05. The first-order valence-corrected chi connectivity index (χ1v) is 9.21. The van der Waals surface area contributed by atoms with Gasteiger partial charge >= 0.3 is 12.2 Å². The molecular weight excluding hydrogens is 437 g/mol. The molecule has 3 aromatic rings. The van der Waals surface area contributed by atoms with Gasteiger partial charge < -0.3 is 19.4 Å². The lowest BCUT2D eigenvalue weighted by Gasteiger charge is -2.18. The highest BCUT2D eigenvalue weighted by Gasteiger charge is 2.16. The van der Waals surface area contributed by atoms with E-state index in [4.69, 9.17) is 4.74 Å². The zero-order valence-corrected chi connectivity index (χ0v) is 17.2. The van der Waals surface area contributed by atoms with E-state index in [-0.39, 0.29) is 29.6 Å². The number of rotatable bonds is 7. The first-order chi connectivity index (χ1) is 15.1. The minimum absolute atomic E-state index is 0.0410. The molecule has 0 aliphatic carbocycles. The Labute approximate surface area is 179 Å². The van der Waals surface area contributed by atoms with Crippen LogP contribution in [0.1, 0.15) is 16.7 Å². The fraction of sp³-hybridized carbons (Fsp3) is 0.238. The van der Waals surface area contributed by atoms with Crippen LogP contribution in [0.25, 0.3) is 0 Å². The second kappa shape index (κ2) is 9.25. The molecule has 1 N–H and O–H groups in total. The smallest absolute Gasteiger partial charge is 0.387 e. The lowest BCUT2D eigenvalue weighted by atomic mass is 10.1. The number of ether oxygens (including phenoxy) is 2. The number of aromatic nitrogens is 2. The molecule has 6 nitrogen and oxygen atoms in total. The molecule has 32 heavy (non-hydrogen) atoms. The van der Waals surface area contributed by atoms with Crippen LogP contribution in [-0.4, -0.2) is 23.3 Å². The van der Waals surface area contributed by atoms with Crippen LogP contribution in [-0.2, 0) is 6.54 Å². The molecule has 0 atom stereocenters. The van der Waals surface area contributed by atoms with Crippen molar-refractivity contribution in [3.63, 3.8) is 0 Å². The summed E-state index contributed by atoms with van der Waals surface area (Å²) in [5, 5.41) is 2.84. The zero-order chi connectivity index (χ0) is 23.6. The third kappa shape index (κ3) is 4.98. The van der Waals surface area contributed by atoms with E-state index in [1.807, 2.05) is 0 Å². The summed E-state index contributed by atoms with van der Waals surface area (Å²) in [7, 11) is 1.24. The van der Waals surface area contributed by atoms with Crippen LogP contribution in [0.3, 0.4) is 0 Å². The SMILES string of the molecule is COc1cn(Cc2cc(F)c(F)c(F)c2)c(Nc2cc(OC(F)F)c(C)cc2C)nc1=O. The molecular formula is C21H18F5N3O3. The van der Waals surface area contributed by atoms with Crippen molar-refractivity contribution in [3.05, 3.63) is 75.0 Å². The summed E-state index contributed by atoms with van der Waals surface area (Å²) >= 11 is 0. The Hall–Kier alpha value is -3.63. The Kier molecular flexibility index (Phi) is 6.66.